The van der Waals surface area contributed by atoms with E-state index >= 15 is 0 Å². The van der Waals surface area contributed by atoms with Crippen LogP contribution in [-0.4, -0.2) is 32.2 Å². The highest BCUT2D eigenvalue weighted by Gasteiger charge is 2.28. The summed E-state index contributed by atoms with van der Waals surface area (Å²) >= 11 is 0. The summed E-state index contributed by atoms with van der Waals surface area (Å²) in [7, 11) is 0. The Hall–Kier alpha value is -1.69. The second kappa shape index (κ2) is 3.71. The fourth-order valence-electron chi connectivity index (χ4n) is 1.79. The van der Waals surface area contributed by atoms with E-state index < -0.39 is 0 Å². The Balaban J connectivity index is 1.75. The van der Waals surface area contributed by atoms with Crippen molar-refractivity contribution in [2.24, 2.45) is 11.7 Å². The van der Waals surface area contributed by atoms with Crippen LogP contribution in [0, 0.1) is 5.92 Å². The molecule has 0 radical (unpaired) electrons. The summed E-state index contributed by atoms with van der Waals surface area (Å²) in [6, 6.07) is 0.213. The first-order valence-corrected chi connectivity index (χ1v) is 5.48. The molecule has 1 aliphatic carbocycles. The fraction of sp³-hybridized carbons (Fsp3) is 0.500. The van der Waals surface area contributed by atoms with Crippen LogP contribution in [0.2, 0.25) is 0 Å². The van der Waals surface area contributed by atoms with Gasteiger partial charge in [-0.2, -0.15) is 0 Å². The molecule has 1 saturated carbocycles. The maximum absolute atomic E-state index is 6.01. The highest BCUT2D eigenvalue weighted by atomic mass is 15.2. The number of nitrogens with zero attached hydrogens (tertiary/aromatic N) is 4. The summed E-state index contributed by atoms with van der Waals surface area (Å²) in [6.07, 6.45) is 7.71. The molecule has 0 aliphatic heterocycles. The number of rotatable bonds is 4. The Morgan fingerprint density at radius 3 is 3.25 bits per heavy atom. The molecule has 16 heavy (non-hydrogen) atoms. The van der Waals surface area contributed by atoms with E-state index in [2.05, 4.69) is 20.5 Å². The average Bonchev–Trinajstić information content (AvgIpc) is 3.04. The van der Waals surface area contributed by atoms with Crippen molar-refractivity contribution in [2.45, 2.75) is 18.9 Å². The largest absolute Gasteiger partial charge is 0.365 e. The predicted molar refractivity (Wildman–Crippen MR) is 60.0 cm³/mol. The maximum Gasteiger partial charge on any atom is 0.203 e. The smallest absolute Gasteiger partial charge is 0.203 e. The lowest BCUT2D eigenvalue weighted by molar-refractivity contribution is 0.620. The Morgan fingerprint density at radius 1 is 1.56 bits per heavy atom. The standard InChI is InChI=1S/C10H14N6/c11-8(7-1-2-7)5-13-9-10-15-14-6-16(10)4-3-12-9/h3-4,6-8H,1-2,5,11H2,(H,12,13). The van der Waals surface area contributed by atoms with Crippen molar-refractivity contribution in [3.05, 3.63) is 18.7 Å². The van der Waals surface area contributed by atoms with Crippen LogP contribution < -0.4 is 11.1 Å². The maximum atomic E-state index is 6.01. The van der Waals surface area contributed by atoms with Crippen LogP contribution in [-0.2, 0) is 0 Å². The van der Waals surface area contributed by atoms with Gasteiger partial charge in [0.1, 0.15) is 6.33 Å². The Morgan fingerprint density at radius 2 is 2.44 bits per heavy atom. The highest BCUT2D eigenvalue weighted by Crippen LogP contribution is 2.31. The number of nitrogens with two attached hydrogens (primary N) is 1. The fourth-order valence-corrected chi connectivity index (χ4v) is 1.79. The molecule has 2 aromatic rings. The lowest BCUT2D eigenvalue weighted by Crippen LogP contribution is -2.31. The number of hydrogen-bond acceptors (Lipinski definition) is 5. The monoisotopic (exact) mass is 218 g/mol. The zero-order valence-electron chi connectivity index (χ0n) is 8.87. The molecule has 0 aromatic carbocycles. The van der Waals surface area contributed by atoms with E-state index in [9.17, 15) is 0 Å². The van der Waals surface area contributed by atoms with Gasteiger partial charge in [0, 0.05) is 25.0 Å². The van der Waals surface area contributed by atoms with Gasteiger partial charge in [0.05, 0.1) is 0 Å². The molecular weight excluding hydrogens is 204 g/mol. The van der Waals surface area contributed by atoms with E-state index in [4.69, 9.17) is 5.73 Å². The van der Waals surface area contributed by atoms with E-state index in [0.29, 0.717) is 5.92 Å². The van der Waals surface area contributed by atoms with Crippen LogP contribution in [0.3, 0.4) is 0 Å². The van der Waals surface area contributed by atoms with Gasteiger partial charge in [0.2, 0.25) is 5.65 Å². The second-order valence-corrected chi connectivity index (χ2v) is 4.22. The summed E-state index contributed by atoms with van der Waals surface area (Å²) in [6.45, 7) is 0.740. The van der Waals surface area contributed by atoms with Crippen molar-refractivity contribution >= 4 is 11.5 Å². The van der Waals surface area contributed by atoms with Gasteiger partial charge in [-0.1, -0.05) is 0 Å². The van der Waals surface area contributed by atoms with Crippen molar-refractivity contribution in [3.63, 3.8) is 0 Å². The van der Waals surface area contributed by atoms with Crippen LogP contribution in [0.1, 0.15) is 12.8 Å². The molecule has 1 atom stereocenters. The first kappa shape index (κ1) is 9.53. The molecule has 84 valence electrons. The first-order chi connectivity index (χ1) is 7.84. The minimum atomic E-state index is 0.213. The van der Waals surface area contributed by atoms with E-state index in [1.54, 1.807) is 12.5 Å². The van der Waals surface area contributed by atoms with Gasteiger partial charge in [-0.15, -0.1) is 10.2 Å². The minimum Gasteiger partial charge on any atom is -0.365 e. The van der Waals surface area contributed by atoms with Gasteiger partial charge in [-0.25, -0.2) is 4.98 Å². The van der Waals surface area contributed by atoms with Gasteiger partial charge in [0.15, 0.2) is 5.82 Å². The molecule has 2 heterocycles. The summed E-state index contributed by atoms with van der Waals surface area (Å²) in [4.78, 5) is 4.24. The molecule has 1 aliphatic rings. The molecule has 1 unspecified atom stereocenters. The van der Waals surface area contributed by atoms with E-state index in [1.165, 1.54) is 12.8 Å². The Kier molecular flexibility index (Phi) is 2.21. The highest BCUT2D eigenvalue weighted by molar-refractivity contribution is 5.61. The van der Waals surface area contributed by atoms with Crippen LogP contribution >= 0.6 is 0 Å². The molecule has 3 rings (SSSR count). The number of aromatic nitrogens is 4. The van der Waals surface area contributed by atoms with Crippen LogP contribution in [0.25, 0.3) is 5.65 Å². The molecule has 0 amide bonds. The summed E-state index contributed by atoms with van der Waals surface area (Å²) in [5.41, 5.74) is 6.75. The minimum absolute atomic E-state index is 0.213. The van der Waals surface area contributed by atoms with Gasteiger partial charge in [0.25, 0.3) is 0 Å². The van der Waals surface area contributed by atoms with Gasteiger partial charge in [-0.05, 0) is 18.8 Å². The third-order valence-corrected chi connectivity index (χ3v) is 2.95. The van der Waals surface area contributed by atoms with E-state index in [-0.39, 0.29) is 6.04 Å². The summed E-state index contributed by atoms with van der Waals surface area (Å²) in [5.74, 6) is 1.43. The topological polar surface area (TPSA) is 81.1 Å². The SMILES string of the molecule is NC(CNc1nccn2cnnc12)C1CC1. The summed E-state index contributed by atoms with van der Waals surface area (Å²) < 4.78 is 1.83. The number of anilines is 1. The number of nitrogens with one attached hydrogen (secondary N) is 1. The van der Waals surface area contributed by atoms with Crippen molar-refractivity contribution in [1.29, 1.82) is 0 Å². The Bertz CT molecular complexity index is 489. The first-order valence-electron chi connectivity index (χ1n) is 5.48. The molecule has 3 N–H and O–H groups in total. The number of fused-ring (bicyclic) bond motifs is 1. The zero-order chi connectivity index (χ0) is 11.0. The molecule has 0 bridgehead atoms. The van der Waals surface area contributed by atoms with Gasteiger partial charge in [-0.3, -0.25) is 4.40 Å². The van der Waals surface area contributed by atoms with Gasteiger partial charge < -0.3 is 11.1 Å². The molecular formula is C10H14N6. The quantitative estimate of drug-likeness (QED) is 0.770. The van der Waals surface area contributed by atoms with E-state index in [0.717, 1.165) is 18.0 Å². The Labute approximate surface area is 92.9 Å². The van der Waals surface area contributed by atoms with Crippen LogP contribution in [0.5, 0.6) is 0 Å². The van der Waals surface area contributed by atoms with Crippen molar-refractivity contribution in [1.82, 2.24) is 19.6 Å². The lowest BCUT2D eigenvalue weighted by Gasteiger charge is -2.11. The molecule has 6 nitrogen and oxygen atoms in total. The van der Waals surface area contributed by atoms with Crippen LogP contribution in [0.4, 0.5) is 5.82 Å². The summed E-state index contributed by atoms with van der Waals surface area (Å²) in [5, 5.41) is 11.1. The molecule has 6 heteroatoms. The van der Waals surface area contributed by atoms with Gasteiger partial charge >= 0.3 is 0 Å². The second-order valence-electron chi connectivity index (χ2n) is 4.22. The normalized spacial score (nSPS) is 17.6. The third kappa shape index (κ3) is 1.71. The van der Waals surface area contributed by atoms with Crippen LogP contribution in [0.15, 0.2) is 18.7 Å². The molecule has 2 aromatic heterocycles. The van der Waals surface area contributed by atoms with Crippen molar-refractivity contribution in [2.75, 3.05) is 11.9 Å². The molecule has 0 spiro atoms. The zero-order valence-corrected chi connectivity index (χ0v) is 8.87. The van der Waals surface area contributed by atoms with E-state index in [1.807, 2.05) is 10.6 Å². The van der Waals surface area contributed by atoms with Crippen molar-refractivity contribution < 1.29 is 0 Å². The average molecular weight is 218 g/mol. The molecule has 0 saturated heterocycles. The third-order valence-electron chi connectivity index (χ3n) is 2.95. The lowest BCUT2D eigenvalue weighted by atomic mass is 10.2. The predicted octanol–water partition coefficient (Wildman–Crippen LogP) is 0.273. The molecule has 1 fully saturated rings. The number of hydrogen-bond donors (Lipinski definition) is 2. The van der Waals surface area contributed by atoms with Crippen molar-refractivity contribution in [3.8, 4) is 0 Å².